The van der Waals surface area contributed by atoms with Gasteiger partial charge in [-0.3, -0.25) is 4.79 Å². The molecule has 0 heterocycles. The molecule has 0 saturated heterocycles. The Kier molecular flexibility index (Phi) is 4.66. The molecular weight excluding hydrogens is 178 g/mol. The van der Waals surface area contributed by atoms with E-state index in [-0.39, 0.29) is 24.5 Å². The predicted molar refractivity (Wildman–Crippen MR) is 55.8 cm³/mol. The zero-order chi connectivity index (χ0) is 10.4. The molecule has 80 valence electrons. The lowest BCUT2D eigenvalue weighted by Crippen LogP contribution is -2.38. The van der Waals surface area contributed by atoms with Gasteiger partial charge in [-0.2, -0.15) is 0 Å². The van der Waals surface area contributed by atoms with Crippen LogP contribution in [-0.4, -0.2) is 23.7 Å². The summed E-state index contributed by atoms with van der Waals surface area (Å²) >= 11 is 0. The molecule has 14 heavy (non-hydrogen) atoms. The average molecular weight is 197 g/mol. The van der Waals surface area contributed by atoms with Crippen LogP contribution >= 0.6 is 0 Å². The van der Waals surface area contributed by atoms with Crippen LogP contribution in [0.2, 0.25) is 0 Å². The minimum atomic E-state index is 0.128. The normalized spacial score (nSPS) is 18.4. The number of hydrogen-bond acceptors (Lipinski definition) is 2. The summed E-state index contributed by atoms with van der Waals surface area (Å²) in [5, 5.41) is 11.8. The number of nitrogens with one attached hydrogen (secondary N) is 1. The van der Waals surface area contributed by atoms with Crippen molar-refractivity contribution in [2.24, 2.45) is 5.92 Å². The summed E-state index contributed by atoms with van der Waals surface area (Å²) in [6.07, 6.45) is 7.37. The second-order valence-corrected chi connectivity index (χ2v) is 3.77. The molecule has 0 spiro atoms. The van der Waals surface area contributed by atoms with E-state index in [1.807, 2.05) is 6.92 Å². The van der Waals surface area contributed by atoms with Gasteiger partial charge in [0.05, 0.1) is 0 Å². The van der Waals surface area contributed by atoms with Gasteiger partial charge in [0.1, 0.15) is 0 Å². The zero-order valence-corrected chi connectivity index (χ0v) is 8.70. The number of amides is 1. The van der Waals surface area contributed by atoms with Gasteiger partial charge in [-0.05, 0) is 25.7 Å². The fraction of sp³-hybridized carbons (Fsp3) is 0.727. The van der Waals surface area contributed by atoms with E-state index in [2.05, 4.69) is 17.5 Å². The molecule has 1 aliphatic carbocycles. The summed E-state index contributed by atoms with van der Waals surface area (Å²) in [7, 11) is 0. The summed E-state index contributed by atoms with van der Waals surface area (Å²) < 4.78 is 0. The van der Waals surface area contributed by atoms with Crippen molar-refractivity contribution in [1.82, 2.24) is 5.32 Å². The Labute approximate surface area is 85.2 Å². The molecule has 1 unspecified atom stereocenters. The van der Waals surface area contributed by atoms with Crippen molar-refractivity contribution in [3.63, 3.8) is 0 Å². The van der Waals surface area contributed by atoms with Crippen LogP contribution < -0.4 is 5.32 Å². The minimum Gasteiger partial charge on any atom is -0.396 e. The van der Waals surface area contributed by atoms with Crippen LogP contribution in [0.15, 0.2) is 12.2 Å². The van der Waals surface area contributed by atoms with E-state index in [0.717, 1.165) is 19.3 Å². The highest BCUT2D eigenvalue weighted by molar-refractivity contribution is 5.79. The standard InChI is InChI=1S/C11H19NO2/c1-2-10(7-8-13)12-11(14)9-5-3-4-6-9/h3-4,9-10,13H,2,5-8H2,1H3,(H,12,14). The topological polar surface area (TPSA) is 49.3 Å². The van der Waals surface area contributed by atoms with Crippen LogP contribution in [0.25, 0.3) is 0 Å². The number of aliphatic hydroxyl groups is 1. The van der Waals surface area contributed by atoms with Crippen molar-refractivity contribution in [3.8, 4) is 0 Å². The molecule has 1 rings (SSSR count). The lowest BCUT2D eigenvalue weighted by Gasteiger charge is -2.18. The zero-order valence-electron chi connectivity index (χ0n) is 8.70. The summed E-state index contributed by atoms with van der Waals surface area (Å²) in [6.45, 7) is 2.16. The molecule has 0 bridgehead atoms. The first-order chi connectivity index (χ1) is 6.77. The van der Waals surface area contributed by atoms with Crippen LogP contribution in [0, 0.1) is 5.92 Å². The monoisotopic (exact) mass is 197 g/mol. The van der Waals surface area contributed by atoms with Crippen LogP contribution in [0.4, 0.5) is 0 Å². The highest BCUT2D eigenvalue weighted by Crippen LogP contribution is 2.18. The first-order valence-corrected chi connectivity index (χ1v) is 5.34. The van der Waals surface area contributed by atoms with Crippen molar-refractivity contribution >= 4 is 5.91 Å². The van der Waals surface area contributed by atoms with Crippen molar-refractivity contribution in [2.75, 3.05) is 6.61 Å². The molecule has 3 nitrogen and oxygen atoms in total. The molecule has 0 fully saturated rings. The van der Waals surface area contributed by atoms with E-state index in [1.54, 1.807) is 0 Å². The van der Waals surface area contributed by atoms with Gasteiger partial charge < -0.3 is 10.4 Å². The summed E-state index contributed by atoms with van der Waals surface area (Å²) in [4.78, 5) is 11.7. The van der Waals surface area contributed by atoms with Crippen molar-refractivity contribution in [3.05, 3.63) is 12.2 Å². The first-order valence-electron chi connectivity index (χ1n) is 5.34. The maximum atomic E-state index is 11.7. The van der Waals surface area contributed by atoms with Gasteiger partial charge >= 0.3 is 0 Å². The Morgan fingerprint density at radius 3 is 2.71 bits per heavy atom. The molecule has 1 amide bonds. The predicted octanol–water partition coefficient (Wildman–Crippen LogP) is 1.23. The summed E-state index contributed by atoms with van der Waals surface area (Å²) in [5.41, 5.74) is 0. The van der Waals surface area contributed by atoms with Crippen LogP contribution in [0.3, 0.4) is 0 Å². The first kappa shape index (κ1) is 11.2. The SMILES string of the molecule is CCC(CCO)NC(=O)C1CC=CC1. The van der Waals surface area contributed by atoms with Gasteiger partial charge in [0.15, 0.2) is 0 Å². The maximum absolute atomic E-state index is 11.7. The van der Waals surface area contributed by atoms with E-state index in [0.29, 0.717) is 6.42 Å². The van der Waals surface area contributed by atoms with Gasteiger partial charge in [-0.25, -0.2) is 0 Å². The fourth-order valence-electron chi connectivity index (χ4n) is 1.68. The third kappa shape index (κ3) is 3.14. The minimum absolute atomic E-state index is 0.128. The summed E-state index contributed by atoms with van der Waals surface area (Å²) in [5.74, 6) is 0.262. The number of hydrogen-bond donors (Lipinski definition) is 2. The van der Waals surface area contributed by atoms with Gasteiger partial charge in [0, 0.05) is 18.6 Å². The third-order valence-electron chi connectivity index (χ3n) is 2.70. The van der Waals surface area contributed by atoms with Crippen molar-refractivity contribution in [1.29, 1.82) is 0 Å². The van der Waals surface area contributed by atoms with E-state index >= 15 is 0 Å². The lowest BCUT2D eigenvalue weighted by molar-refractivity contribution is -0.125. The summed E-state index contributed by atoms with van der Waals surface area (Å²) in [6, 6.07) is 0.132. The molecule has 0 aromatic heterocycles. The van der Waals surface area contributed by atoms with Gasteiger partial charge in [0.2, 0.25) is 5.91 Å². The molecule has 2 N–H and O–H groups in total. The second kappa shape index (κ2) is 5.81. The average Bonchev–Trinajstić information content (AvgIpc) is 2.69. The molecule has 0 aromatic carbocycles. The van der Waals surface area contributed by atoms with E-state index in [1.165, 1.54) is 0 Å². The maximum Gasteiger partial charge on any atom is 0.223 e. The number of aliphatic hydroxyl groups excluding tert-OH is 1. The highest BCUT2D eigenvalue weighted by Gasteiger charge is 2.20. The molecule has 0 aliphatic heterocycles. The number of rotatable bonds is 5. The largest absolute Gasteiger partial charge is 0.396 e. The Balaban J connectivity index is 2.30. The van der Waals surface area contributed by atoms with Gasteiger partial charge in [-0.15, -0.1) is 0 Å². The Bertz CT molecular complexity index is 205. The van der Waals surface area contributed by atoms with E-state index in [9.17, 15) is 4.79 Å². The molecule has 1 atom stereocenters. The molecule has 0 aromatic rings. The van der Waals surface area contributed by atoms with Crippen LogP contribution in [0.5, 0.6) is 0 Å². The highest BCUT2D eigenvalue weighted by atomic mass is 16.3. The van der Waals surface area contributed by atoms with Crippen LogP contribution in [0.1, 0.15) is 32.6 Å². The van der Waals surface area contributed by atoms with E-state index < -0.39 is 0 Å². The van der Waals surface area contributed by atoms with Crippen LogP contribution in [-0.2, 0) is 4.79 Å². The Morgan fingerprint density at radius 1 is 1.57 bits per heavy atom. The smallest absolute Gasteiger partial charge is 0.223 e. The number of allylic oxidation sites excluding steroid dienone is 2. The third-order valence-corrected chi connectivity index (χ3v) is 2.70. The Hall–Kier alpha value is -0.830. The quantitative estimate of drug-likeness (QED) is 0.651. The van der Waals surface area contributed by atoms with E-state index in [4.69, 9.17) is 5.11 Å². The molecule has 0 saturated carbocycles. The molecular formula is C11H19NO2. The molecule has 0 radical (unpaired) electrons. The number of carbonyl (C=O) groups is 1. The fourth-order valence-corrected chi connectivity index (χ4v) is 1.68. The van der Waals surface area contributed by atoms with Gasteiger partial charge in [0.25, 0.3) is 0 Å². The lowest BCUT2D eigenvalue weighted by atomic mass is 10.0. The molecule has 1 aliphatic rings. The second-order valence-electron chi connectivity index (χ2n) is 3.77. The number of carbonyl (C=O) groups excluding carboxylic acids is 1. The van der Waals surface area contributed by atoms with Crippen molar-refractivity contribution < 1.29 is 9.90 Å². The molecule has 3 heteroatoms. The van der Waals surface area contributed by atoms with Gasteiger partial charge in [-0.1, -0.05) is 19.1 Å². The Morgan fingerprint density at radius 2 is 2.21 bits per heavy atom. The van der Waals surface area contributed by atoms with Crippen molar-refractivity contribution in [2.45, 2.75) is 38.6 Å².